The highest BCUT2D eigenvalue weighted by molar-refractivity contribution is 5.85. The van der Waals surface area contributed by atoms with Crippen molar-refractivity contribution in [3.63, 3.8) is 0 Å². The average molecular weight is 491 g/mol. The van der Waals surface area contributed by atoms with E-state index in [2.05, 4.69) is 0 Å². The number of Topliss-reactive ketones (excluding diaryl/α,β-unsaturated/α-hetero) is 4. The number of ether oxygens (including phenoxy) is 4. The summed E-state index contributed by atoms with van der Waals surface area (Å²) in [6, 6.07) is 0. The van der Waals surface area contributed by atoms with E-state index >= 15 is 0 Å². The normalized spacial score (nSPS) is 10.5. The molecule has 0 amide bonds. The molecule has 34 heavy (non-hydrogen) atoms. The maximum Gasteiger partial charge on any atom is 0.158 e. The zero-order valence-corrected chi connectivity index (χ0v) is 23.1. The van der Waals surface area contributed by atoms with Crippen molar-refractivity contribution < 1.29 is 38.1 Å². The third kappa shape index (κ3) is 37.8. The van der Waals surface area contributed by atoms with Gasteiger partial charge in [-0.3, -0.25) is 14.4 Å². The summed E-state index contributed by atoms with van der Waals surface area (Å²) in [5, 5.41) is 0. The van der Waals surface area contributed by atoms with Gasteiger partial charge in [-0.25, -0.2) is 0 Å². The molecule has 8 heteroatoms. The molecular formula is C26H50O8. The molecule has 0 aromatic rings. The van der Waals surface area contributed by atoms with Crippen molar-refractivity contribution in [2.24, 2.45) is 0 Å². The quantitative estimate of drug-likeness (QED) is 0.258. The maximum absolute atomic E-state index is 11.0. The Labute approximate surface area is 207 Å². The standard InChI is InChI=1S/C9H16O3.C9H18O3.C8H16O2/c1-7(2)12-6-9(11)5-4-8(3)10;1-8(2)12-7-9(10)5-4-6-11-3;1-4-5-8(9)6-10-7(2)3/h7H,4-6H2,1-3H3;8H,4-7H2,1-3H3;7H,4-6H2,1-3H3. The molecule has 0 rings (SSSR count). The van der Waals surface area contributed by atoms with Crippen molar-refractivity contribution in [1.29, 1.82) is 0 Å². The second-order valence-corrected chi connectivity index (χ2v) is 8.74. The fraction of sp³-hybridized carbons (Fsp3) is 0.846. The van der Waals surface area contributed by atoms with Gasteiger partial charge in [-0.15, -0.1) is 0 Å². The van der Waals surface area contributed by atoms with Crippen LogP contribution in [0.3, 0.4) is 0 Å². The fourth-order valence-corrected chi connectivity index (χ4v) is 2.00. The predicted molar refractivity (Wildman–Crippen MR) is 134 cm³/mol. The molecule has 0 saturated heterocycles. The van der Waals surface area contributed by atoms with Crippen molar-refractivity contribution in [2.45, 2.75) is 112 Å². The van der Waals surface area contributed by atoms with Crippen LogP contribution < -0.4 is 0 Å². The summed E-state index contributed by atoms with van der Waals surface area (Å²) in [7, 11) is 1.63. The Morgan fingerprint density at radius 1 is 0.618 bits per heavy atom. The molecule has 0 aromatic heterocycles. The molecule has 0 aliphatic heterocycles. The molecule has 0 saturated carbocycles. The Morgan fingerprint density at radius 2 is 1.00 bits per heavy atom. The highest BCUT2D eigenvalue weighted by Crippen LogP contribution is 1.96. The molecule has 0 fully saturated rings. The summed E-state index contributed by atoms with van der Waals surface area (Å²) in [6.45, 7) is 16.2. The van der Waals surface area contributed by atoms with E-state index in [9.17, 15) is 19.2 Å². The van der Waals surface area contributed by atoms with Crippen LogP contribution in [0.4, 0.5) is 0 Å². The monoisotopic (exact) mass is 490 g/mol. The number of methoxy groups -OCH3 is 1. The van der Waals surface area contributed by atoms with Crippen molar-refractivity contribution in [3.05, 3.63) is 0 Å². The Balaban J connectivity index is -0.000000426. The summed E-state index contributed by atoms with van der Waals surface area (Å²) in [5.41, 5.74) is 0. The van der Waals surface area contributed by atoms with Crippen LogP contribution in [0.2, 0.25) is 0 Å². The third-order valence-electron chi connectivity index (χ3n) is 3.82. The van der Waals surface area contributed by atoms with Crippen LogP contribution in [-0.4, -0.2) is 75.0 Å². The first-order valence-corrected chi connectivity index (χ1v) is 12.2. The zero-order valence-electron chi connectivity index (χ0n) is 23.1. The molecule has 202 valence electrons. The van der Waals surface area contributed by atoms with E-state index in [1.807, 2.05) is 48.5 Å². The third-order valence-corrected chi connectivity index (χ3v) is 3.82. The topological polar surface area (TPSA) is 105 Å². The number of hydrogen-bond donors (Lipinski definition) is 0. The summed E-state index contributed by atoms with van der Waals surface area (Å²) in [5.74, 6) is 0.406. The second kappa shape index (κ2) is 26.1. The second-order valence-electron chi connectivity index (χ2n) is 8.74. The molecule has 8 nitrogen and oxygen atoms in total. The van der Waals surface area contributed by atoms with Gasteiger partial charge in [-0.1, -0.05) is 6.92 Å². The molecule has 0 bridgehead atoms. The van der Waals surface area contributed by atoms with Crippen LogP contribution in [-0.2, 0) is 38.1 Å². The lowest BCUT2D eigenvalue weighted by atomic mass is 10.2. The van der Waals surface area contributed by atoms with Gasteiger partial charge in [-0.2, -0.15) is 0 Å². The average Bonchev–Trinajstić information content (AvgIpc) is 2.74. The largest absolute Gasteiger partial charge is 0.385 e. The summed E-state index contributed by atoms with van der Waals surface area (Å²) in [4.78, 5) is 43.3. The van der Waals surface area contributed by atoms with Crippen LogP contribution >= 0.6 is 0 Å². The Morgan fingerprint density at radius 3 is 1.32 bits per heavy atom. The molecule has 0 heterocycles. The smallest absolute Gasteiger partial charge is 0.158 e. The summed E-state index contributed by atoms with van der Waals surface area (Å²) in [6.07, 6.45) is 3.93. The van der Waals surface area contributed by atoms with Crippen LogP contribution in [0.5, 0.6) is 0 Å². The first-order chi connectivity index (χ1) is 15.8. The first-order valence-electron chi connectivity index (χ1n) is 12.2. The highest BCUT2D eigenvalue weighted by Gasteiger charge is 2.05. The number of carbonyl (C=O) groups excluding carboxylic acids is 4. The van der Waals surface area contributed by atoms with E-state index in [1.165, 1.54) is 6.92 Å². The zero-order chi connectivity index (χ0) is 26.9. The van der Waals surface area contributed by atoms with Gasteiger partial charge in [-0.05, 0) is 61.3 Å². The van der Waals surface area contributed by atoms with Gasteiger partial charge >= 0.3 is 0 Å². The minimum absolute atomic E-state index is 0.00102. The Bertz CT molecular complexity index is 527. The molecule has 0 radical (unpaired) electrons. The van der Waals surface area contributed by atoms with Gasteiger partial charge in [0, 0.05) is 39.4 Å². The van der Waals surface area contributed by atoms with Crippen LogP contribution in [0.25, 0.3) is 0 Å². The van der Waals surface area contributed by atoms with E-state index in [-0.39, 0.29) is 61.3 Å². The molecule has 0 N–H and O–H groups in total. The lowest BCUT2D eigenvalue weighted by Crippen LogP contribution is -2.13. The Hall–Kier alpha value is -1.48. The van der Waals surface area contributed by atoms with Crippen molar-refractivity contribution >= 4 is 23.1 Å². The number of rotatable bonds is 18. The SMILES string of the molecule is CC(=O)CCC(=O)COC(C)C.CCCC(=O)COC(C)C.COCCCC(=O)COC(C)C. The lowest BCUT2D eigenvalue weighted by molar-refractivity contribution is -0.127. The Kier molecular flexibility index (Phi) is 28.5. The number of carbonyl (C=O) groups is 4. The molecule has 0 aromatic carbocycles. The molecule has 0 spiro atoms. The minimum atomic E-state index is -0.00102. The highest BCUT2D eigenvalue weighted by atomic mass is 16.5. The van der Waals surface area contributed by atoms with E-state index in [0.29, 0.717) is 32.3 Å². The van der Waals surface area contributed by atoms with E-state index in [1.54, 1.807) is 7.11 Å². The van der Waals surface area contributed by atoms with Crippen LogP contribution in [0.15, 0.2) is 0 Å². The van der Waals surface area contributed by atoms with Gasteiger partial charge in [0.15, 0.2) is 17.3 Å². The summed E-state index contributed by atoms with van der Waals surface area (Å²) >= 11 is 0. The number of hydrogen-bond acceptors (Lipinski definition) is 8. The van der Waals surface area contributed by atoms with Crippen molar-refractivity contribution in [3.8, 4) is 0 Å². The molecule has 0 unspecified atom stereocenters. The molecule has 0 aliphatic rings. The predicted octanol–water partition coefficient (Wildman–Crippen LogP) is 4.54. The molecule has 0 aliphatic carbocycles. The van der Waals surface area contributed by atoms with Crippen LogP contribution in [0.1, 0.15) is 93.9 Å². The molecule has 0 atom stereocenters. The van der Waals surface area contributed by atoms with Crippen molar-refractivity contribution in [2.75, 3.05) is 33.5 Å². The minimum Gasteiger partial charge on any atom is -0.385 e. The first kappa shape index (κ1) is 37.1. The van der Waals surface area contributed by atoms with Gasteiger partial charge in [0.1, 0.15) is 25.6 Å². The van der Waals surface area contributed by atoms with Gasteiger partial charge < -0.3 is 23.7 Å². The van der Waals surface area contributed by atoms with Crippen LogP contribution in [0, 0.1) is 0 Å². The summed E-state index contributed by atoms with van der Waals surface area (Å²) < 4.78 is 20.2. The van der Waals surface area contributed by atoms with Gasteiger partial charge in [0.25, 0.3) is 0 Å². The van der Waals surface area contributed by atoms with Gasteiger partial charge in [0.05, 0.1) is 18.3 Å². The molecular weight excluding hydrogens is 440 g/mol. The van der Waals surface area contributed by atoms with E-state index in [0.717, 1.165) is 12.8 Å². The van der Waals surface area contributed by atoms with E-state index < -0.39 is 0 Å². The maximum atomic E-state index is 11.0. The fourth-order valence-electron chi connectivity index (χ4n) is 2.00. The van der Waals surface area contributed by atoms with Gasteiger partial charge in [0.2, 0.25) is 0 Å². The van der Waals surface area contributed by atoms with Crippen molar-refractivity contribution in [1.82, 2.24) is 0 Å². The van der Waals surface area contributed by atoms with E-state index in [4.69, 9.17) is 18.9 Å². The lowest BCUT2D eigenvalue weighted by Gasteiger charge is -2.05. The number of ketones is 4.